The molecule has 4 heteroatoms. The number of nitrogens with one attached hydrogen (secondary N) is 1. The molecule has 0 fully saturated rings. The molecule has 0 saturated heterocycles. The van der Waals surface area contributed by atoms with Crippen LogP contribution >= 0.6 is 22.9 Å². The van der Waals surface area contributed by atoms with Crippen LogP contribution in [0.3, 0.4) is 0 Å². The molecule has 0 aliphatic heterocycles. The third-order valence-corrected chi connectivity index (χ3v) is 3.36. The van der Waals surface area contributed by atoms with Gasteiger partial charge in [0.25, 0.3) is 0 Å². The van der Waals surface area contributed by atoms with Gasteiger partial charge in [-0.2, -0.15) is 11.3 Å². The van der Waals surface area contributed by atoms with Gasteiger partial charge in [0.2, 0.25) is 0 Å². The van der Waals surface area contributed by atoms with E-state index in [1.165, 1.54) is 17.7 Å². The smallest absolute Gasteiger partial charge is 0.124 e. The Morgan fingerprint density at radius 1 is 1.38 bits per heavy atom. The van der Waals surface area contributed by atoms with Crippen molar-refractivity contribution in [2.24, 2.45) is 0 Å². The summed E-state index contributed by atoms with van der Waals surface area (Å²) < 4.78 is 12.8. The standard InChI is InChI=1S/C12H11ClFNS/c1-8(9-4-5-16-7-9)15-12-3-2-10(14)6-11(12)13/h2-8,15H,1H3. The Morgan fingerprint density at radius 2 is 2.19 bits per heavy atom. The maximum atomic E-state index is 12.8. The Bertz CT molecular complexity index is 470. The molecule has 0 aliphatic carbocycles. The molecule has 0 radical (unpaired) electrons. The average Bonchev–Trinajstić information content (AvgIpc) is 2.75. The van der Waals surface area contributed by atoms with E-state index in [0.717, 1.165) is 5.69 Å². The number of rotatable bonds is 3. The second-order valence-electron chi connectivity index (χ2n) is 3.55. The van der Waals surface area contributed by atoms with Crippen molar-refractivity contribution in [3.05, 3.63) is 51.4 Å². The van der Waals surface area contributed by atoms with E-state index in [1.54, 1.807) is 17.4 Å². The highest BCUT2D eigenvalue weighted by atomic mass is 35.5. The first-order chi connectivity index (χ1) is 7.66. The van der Waals surface area contributed by atoms with Gasteiger partial charge in [0.15, 0.2) is 0 Å². The van der Waals surface area contributed by atoms with Crippen LogP contribution in [-0.2, 0) is 0 Å². The Kier molecular flexibility index (Phi) is 3.46. The van der Waals surface area contributed by atoms with Crippen molar-refractivity contribution < 1.29 is 4.39 Å². The summed E-state index contributed by atoms with van der Waals surface area (Å²) in [5.41, 5.74) is 1.95. The fourth-order valence-corrected chi connectivity index (χ4v) is 2.42. The highest BCUT2D eigenvalue weighted by Crippen LogP contribution is 2.27. The summed E-state index contributed by atoms with van der Waals surface area (Å²) >= 11 is 7.59. The highest BCUT2D eigenvalue weighted by molar-refractivity contribution is 7.07. The minimum atomic E-state index is -0.321. The Morgan fingerprint density at radius 3 is 2.81 bits per heavy atom. The molecule has 84 valence electrons. The van der Waals surface area contributed by atoms with Crippen LogP contribution in [0.5, 0.6) is 0 Å². The quantitative estimate of drug-likeness (QED) is 0.837. The highest BCUT2D eigenvalue weighted by Gasteiger charge is 2.08. The van der Waals surface area contributed by atoms with Crippen LogP contribution in [0.25, 0.3) is 0 Å². The zero-order valence-corrected chi connectivity index (χ0v) is 10.3. The van der Waals surface area contributed by atoms with Crippen LogP contribution in [0.4, 0.5) is 10.1 Å². The van der Waals surface area contributed by atoms with Crippen LogP contribution in [0, 0.1) is 5.82 Å². The summed E-state index contributed by atoms with van der Waals surface area (Å²) in [6.07, 6.45) is 0. The van der Waals surface area contributed by atoms with E-state index in [0.29, 0.717) is 5.02 Å². The predicted molar refractivity (Wildman–Crippen MR) is 67.8 cm³/mol. The van der Waals surface area contributed by atoms with Crippen LogP contribution in [-0.4, -0.2) is 0 Å². The molecule has 0 aliphatic rings. The first-order valence-corrected chi connectivity index (χ1v) is 6.22. The third-order valence-electron chi connectivity index (χ3n) is 2.35. The molecule has 0 spiro atoms. The van der Waals surface area contributed by atoms with Crippen molar-refractivity contribution >= 4 is 28.6 Å². The van der Waals surface area contributed by atoms with Crippen molar-refractivity contribution in [1.82, 2.24) is 0 Å². The fraction of sp³-hybridized carbons (Fsp3) is 0.167. The molecule has 0 amide bonds. The summed E-state index contributed by atoms with van der Waals surface area (Å²) in [4.78, 5) is 0. The molecule has 1 nitrogen and oxygen atoms in total. The summed E-state index contributed by atoms with van der Waals surface area (Å²) in [5, 5.41) is 7.76. The monoisotopic (exact) mass is 255 g/mol. The van der Waals surface area contributed by atoms with E-state index >= 15 is 0 Å². The van der Waals surface area contributed by atoms with Gasteiger partial charge in [-0.15, -0.1) is 0 Å². The first kappa shape index (κ1) is 11.4. The summed E-state index contributed by atoms with van der Waals surface area (Å²) in [6, 6.07) is 6.58. The Balaban J connectivity index is 2.15. The molecule has 1 atom stereocenters. The van der Waals surface area contributed by atoms with Gasteiger partial charge in [0.1, 0.15) is 5.82 Å². The Labute approximate surface area is 103 Å². The molecule has 1 aromatic heterocycles. The van der Waals surface area contributed by atoms with E-state index in [9.17, 15) is 4.39 Å². The van der Waals surface area contributed by atoms with Gasteiger partial charge < -0.3 is 5.32 Å². The lowest BCUT2D eigenvalue weighted by Gasteiger charge is -2.15. The Hall–Kier alpha value is -1.06. The lowest BCUT2D eigenvalue weighted by Crippen LogP contribution is -2.05. The number of benzene rings is 1. The van der Waals surface area contributed by atoms with Gasteiger partial charge >= 0.3 is 0 Å². The van der Waals surface area contributed by atoms with Crippen molar-refractivity contribution in [1.29, 1.82) is 0 Å². The van der Waals surface area contributed by atoms with Crippen LogP contribution in [0.15, 0.2) is 35.0 Å². The molecule has 2 rings (SSSR count). The molecular formula is C12H11ClFNS. The molecule has 1 heterocycles. The topological polar surface area (TPSA) is 12.0 Å². The number of anilines is 1. The second kappa shape index (κ2) is 4.85. The molecule has 1 aromatic carbocycles. The minimum absolute atomic E-state index is 0.161. The number of hydrogen-bond acceptors (Lipinski definition) is 2. The molecule has 1 N–H and O–H groups in total. The van der Waals surface area contributed by atoms with Gasteiger partial charge in [-0.05, 0) is 47.5 Å². The van der Waals surface area contributed by atoms with Gasteiger partial charge in [0.05, 0.1) is 10.7 Å². The van der Waals surface area contributed by atoms with E-state index in [1.807, 2.05) is 12.3 Å². The number of thiophene rings is 1. The first-order valence-electron chi connectivity index (χ1n) is 4.90. The zero-order chi connectivity index (χ0) is 11.5. The van der Waals surface area contributed by atoms with E-state index < -0.39 is 0 Å². The minimum Gasteiger partial charge on any atom is -0.377 e. The van der Waals surface area contributed by atoms with Crippen molar-refractivity contribution in [3.8, 4) is 0 Å². The number of hydrogen-bond donors (Lipinski definition) is 1. The van der Waals surface area contributed by atoms with Crippen molar-refractivity contribution in [3.63, 3.8) is 0 Å². The van der Waals surface area contributed by atoms with Crippen LogP contribution in [0.1, 0.15) is 18.5 Å². The van der Waals surface area contributed by atoms with Gasteiger partial charge in [-0.25, -0.2) is 4.39 Å². The van der Waals surface area contributed by atoms with Crippen molar-refractivity contribution in [2.75, 3.05) is 5.32 Å². The molecule has 0 saturated carbocycles. The van der Waals surface area contributed by atoms with Crippen LogP contribution in [0.2, 0.25) is 5.02 Å². The molecule has 1 unspecified atom stereocenters. The molecule has 0 bridgehead atoms. The predicted octanol–water partition coefficient (Wildman–Crippen LogP) is 4.71. The van der Waals surface area contributed by atoms with Gasteiger partial charge in [0, 0.05) is 6.04 Å². The molecule has 16 heavy (non-hydrogen) atoms. The lowest BCUT2D eigenvalue weighted by molar-refractivity contribution is 0.628. The third kappa shape index (κ3) is 2.54. The maximum absolute atomic E-state index is 12.8. The van der Waals surface area contributed by atoms with Gasteiger partial charge in [-0.1, -0.05) is 11.6 Å². The average molecular weight is 256 g/mol. The SMILES string of the molecule is CC(Nc1ccc(F)cc1Cl)c1ccsc1. The van der Waals surface area contributed by atoms with Crippen molar-refractivity contribution in [2.45, 2.75) is 13.0 Å². The zero-order valence-electron chi connectivity index (χ0n) is 8.71. The van der Waals surface area contributed by atoms with Gasteiger partial charge in [-0.3, -0.25) is 0 Å². The van der Waals surface area contributed by atoms with E-state index in [4.69, 9.17) is 11.6 Å². The lowest BCUT2D eigenvalue weighted by atomic mass is 10.1. The maximum Gasteiger partial charge on any atom is 0.124 e. The summed E-state index contributed by atoms with van der Waals surface area (Å²) in [7, 11) is 0. The number of halogens is 2. The largest absolute Gasteiger partial charge is 0.377 e. The summed E-state index contributed by atoms with van der Waals surface area (Å²) in [6.45, 7) is 2.04. The second-order valence-corrected chi connectivity index (χ2v) is 4.73. The summed E-state index contributed by atoms with van der Waals surface area (Å²) in [5.74, 6) is -0.321. The van der Waals surface area contributed by atoms with Crippen LogP contribution < -0.4 is 5.32 Å². The normalized spacial score (nSPS) is 12.4. The fourth-order valence-electron chi connectivity index (χ4n) is 1.44. The van der Waals surface area contributed by atoms with E-state index in [-0.39, 0.29) is 11.9 Å². The molecular weight excluding hydrogens is 245 g/mol. The van der Waals surface area contributed by atoms with E-state index in [2.05, 4.69) is 16.8 Å². The molecule has 2 aromatic rings.